The van der Waals surface area contributed by atoms with Gasteiger partial charge in [0.25, 0.3) is 5.89 Å². The van der Waals surface area contributed by atoms with Crippen LogP contribution in [-0.4, -0.2) is 15.2 Å². The summed E-state index contributed by atoms with van der Waals surface area (Å²) in [5.41, 5.74) is 6.44. The molecular weight excluding hydrogens is 236 g/mol. The third-order valence-corrected chi connectivity index (χ3v) is 2.99. The Bertz CT molecular complexity index is 632. The first kappa shape index (κ1) is 9.98. The number of nitrogens with zero attached hydrogens (tertiary/aromatic N) is 3. The summed E-state index contributed by atoms with van der Waals surface area (Å²) in [6.07, 6.45) is 1.63. The van der Waals surface area contributed by atoms with Crippen molar-refractivity contribution in [2.45, 2.75) is 0 Å². The van der Waals surface area contributed by atoms with Gasteiger partial charge in [-0.3, -0.25) is 0 Å². The zero-order chi connectivity index (χ0) is 11.7. The van der Waals surface area contributed by atoms with Gasteiger partial charge < -0.3 is 10.2 Å². The SMILES string of the molecule is Nc1ncc(-c2nnc(-c3ccccc3)o2)s1. The van der Waals surface area contributed by atoms with Crippen molar-refractivity contribution < 1.29 is 4.42 Å². The molecule has 0 atom stereocenters. The molecule has 0 bridgehead atoms. The van der Waals surface area contributed by atoms with Gasteiger partial charge in [-0.25, -0.2) is 4.98 Å². The molecule has 84 valence electrons. The number of rotatable bonds is 2. The van der Waals surface area contributed by atoms with Crippen molar-refractivity contribution in [1.29, 1.82) is 0 Å². The molecule has 5 nitrogen and oxygen atoms in total. The van der Waals surface area contributed by atoms with Gasteiger partial charge in [-0.15, -0.1) is 10.2 Å². The van der Waals surface area contributed by atoms with Crippen molar-refractivity contribution in [3.63, 3.8) is 0 Å². The molecule has 2 aromatic heterocycles. The fourth-order valence-corrected chi connectivity index (χ4v) is 2.01. The number of thiazole rings is 1. The van der Waals surface area contributed by atoms with Gasteiger partial charge in [-0.1, -0.05) is 29.5 Å². The molecule has 2 heterocycles. The summed E-state index contributed by atoms with van der Waals surface area (Å²) in [4.78, 5) is 4.72. The Morgan fingerprint density at radius 2 is 1.82 bits per heavy atom. The Morgan fingerprint density at radius 1 is 1.06 bits per heavy atom. The molecular formula is C11H8N4OS. The predicted molar refractivity (Wildman–Crippen MR) is 65.3 cm³/mol. The number of benzene rings is 1. The number of anilines is 1. The highest BCUT2D eigenvalue weighted by molar-refractivity contribution is 7.18. The van der Waals surface area contributed by atoms with Gasteiger partial charge in [0.1, 0.15) is 4.88 Å². The number of nitrogen functional groups attached to an aromatic ring is 1. The van der Waals surface area contributed by atoms with Crippen LogP contribution in [0.5, 0.6) is 0 Å². The van der Waals surface area contributed by atoms with E-state index < -0.39 is 0 Å². The maximum Gasteiger partial charge on any atom is 0.259 e. The Labute approximate surface area is 101 Å². The fraction of sp³-hybridized carbons (Fsp3) is 0. The summed E-state index contributed by atoms with van der Waals surface area (Å²) in [6, 6.07) is 9.61. The minimum absolute atomic E-state index is 0.443. The molecule has 0 spiro atoms. The van der Waals surface area contributed by atoms with Crippen molar-refractivity contribution in [3.8, 4) is 22.2 Å². The molecule has 0 radical (unpaired) electrons. The molecule has 3 rings (SSSR count). The zero-order valence-corrected chi connectivity index (χ0v) is 9.52. The highest BCUT2D eigenvalue weighted by atomic mass is 32.1. The van der Waals surface area contributed by atoms with Gasteiger partial charge >= 0.3 is 0 Å². The van der Waals surface area contributed by atoms with Gasteiger partial charge in [0.15, 0.2) is 5.13 Å². The topological polar surface area (TPSA) is 77.8 Å². The minimum Gasteiger partial charge on any atom is -0.415 e. The van der Waals surface area contributed by atoms with Crippen LogP contribution in [0.4, 0.5) is 5.13 Å². The van der Waals surface area contributed by atoms with Crippen molar-refractivity contribution in [3.05, 3.63) is 36.5 Å². The predicted octanol–water partition coefficient (Wildman–Crippen LogP) is 2.44. The smallest absolute Gasteiger partial charge is 0.259 e. The molecule has 0 fully saturated rings. The number of hydrogen-bond acceptors (Lipinski definition) is 6. The zero-order valence-electron chi connectivity index (χ0n) is 8.70. The first-order valence-corrected chi connectivity index (χ1v) is 5.75. The quantitative estimate of drug-likeness (QED) is 0.749. The van der Waals surface area contributed by atoms with Gasteiger partial charge in [-0.2, -0.15) is 0 Å². The van der Waals surface area contributed by atoms with E-state index in [1.165, 1.54) is 11.3 Å². The van der Waals surface area contributed by atoms with E-state index in [0.717, 1.165) is 10.4 Å². The summed E-state index contributed by atoms with van der Waals surface area (Å²) in [6.45, 7) is 0. The van der Waals surface area contributed by atoms with Crippen LogP contribution in [0.15, 0.2) is 40.9 Å². The highest BCUT2D eigenvalue weighted by Gasteiger charge is 2.12. The van der Waals surface area contributed by atoms with E-state index in [0.29, 0.717) is 16.9 Å². The first-order valence-electron chi connectivity index (χ1n) is 4.93. The van der Waals surface area contributed by atoms with Crippen LogP contribution in [0.2, 0.25) is 0 Å². The third kappa shape index (κ3) is 1.90. The van der Waals surface area contributed by atoms with Gasteiger partial charge in [0.2, 0.25) is 5.89 Å². The molecule has 6 heteroatoms. The average Bonchev–Trinajstić information content (AvgIpc) is 2.98. The van der Waals surface area contributed by atoms with Crippen LogP contribution in [0.1, 0.15) is 0 Å². The first-order chi connectivity index (χ1) is 8.33. The van der Waals surface area contributed by atoms with Crippen LogP contribution in [0, 0.1) is 0 Å². The highest BCUT2D eigenvalue weighted by Crippen LogP contribution is 2.28. The van der Waals surface area contributed by atoms with E-state index in [1.807, 2.05) is 30.3 Å². The van der Waals surface area contributed by atoms with E-state index >= 15 is 0 Å². The van der Waals surface area contributed by atoms with Crippen LogP contribution in [-0.2, 0) is 0 Å². The second-order valence-corrected chi connectivity index (χ2v) is 4.40. The summed E-state index contributed by atoms with van der Waals surface area (Å²) < 4.78 is 5.56. The summed E-state index contributed by atoms with van der Waals surface area (Å²) >= 11 is 1.32. The molecule has 0 saturated heterocycles. The lowest BCUT2D eigenvalue weighted by molar-refractivity contribution is 0.586. The maximum absolute atomic E-state index is 5.56. The Kier molecular flexibility index (Phi) is 2.34. The van der Waals surface area contributed by atoms with Gasteiger partial charge in [0.05, 0.1) is 6.20 Å². The lowest BCUT2D eigenvalue weighted by Gasteiger charge is -1.91. The van der Waals surface area contributed by atoms with Crippen LogP contribution < -0.4 is 5.73 Å². The van der Waals surface area contributed by atoms with Gasteiger partial charge in [0, 0.05) is 5.56 Å². The molecule has 0 saturated carbocycles. The Balaban J connectivity index is 1.99. The van der Waals surface area contributed by atoms with E-state index in [9.17, 15) is 0 Å². The summed E-state index contributed by atoms with van der Waals surface area (Å²) in [5.74, 6) is 0.936. The summed E-state index contributed by atoms with van der Waals surface area (Å²) in [7, 11) is 0. The third-order valence-electron chi connectivity index (χ3n) is 2.18. The Morgan fingerprint density at radius 3 is 2.53 bits per heavy atom. The second-order valence-electron chi connectivity index (χ2n) is 3.34. The lowest BCUT2D eigenvalue weighted by Crippen LogP contribution is -1.77. The van der Waals surface area contributed by atoms with E-state index in [1.54, 1.807) is 6.20 Å². The molecule has 0 aliphatic rings. The molecule has 0 aliphatic heterocycles. The molecule has 0 amide bonds. The van der Waals surface area contributed by atoms with Crippen LogP contribution in [0.25, 0.3) is 22.2 Å². The van der Waals surface area contributed by atoms with Crippen LogP contribution in [0.3, 0.4) is 0 Å². The number of nitrogens with two attached hydrogens (primary N) is 1. The van der Waals surface area contributed by atoms with Gasteiger partial charge in [-0.05, 0) is 12.1 Å². The lowest BCUT2D eigenvalue weighted by atomic mass is 10.2. The normalized spacial score (nSPS) is 10.6. The van der Waals surface area contributed by atoms with Crippen LogP contribution >= 0.6 is 11.3 Å². The van der Waals surface area contributed by atoms with E-state index in [4.69, 9.17) is 10.2 Å². The number of hydrogen-bond donors (Lipinski definition) is 1. The monoisotopic (exact) mass is 244 g/mol. The fourth-order valence-electron chi connectivity index (χ4n) is 1.41. The summed E-state index contributed by atoms with van der Waals surface area (Å²) in [5, 5.41) is 8.45. The van der Waals surface area contributed by atoms with Crippen molar-refractivity contribution in [2.75, 3.05) is 5.73 Å². The molecule has 0 unspecified atom stereocenters. The number of aromatic nitrogens is 3. The second kappa shape index (κ2) is 3.99. The van der Waals surface area contributed by atoms with E-state index in [-0.39, 0.29) is 0 Å². The van der Waals surface area contributed by atoms with Crippen molar-refractivity contribution in [2.24, 2.45) is 0 Å². The average molecular weight is 244 g/mol. The molecule has 2 N–H and O–H groups in total. The maximum atomic E-state index is 5.56. The van der Waals surface area contributed by atoms with Crippen molar-refractivity contribution >= 4 is 16.5 Å². The van der Waals surface area contributed by atoms with Crippen molar-refractivity contribution in [1.82, 2.24) is 15.2 Å². The minimum atomic E-state index is 0.443. The molecule has 17 heavy (non-hydrogen) atoms. The molecule has 3 aromatic rings. The molecule has 1 aromatic carbocycles. The van der Waals surface area contributed by atoms with E-state index in [2.05, 4.69) is 15.2 Å². The standard InChI is InChI=1S/C11H8N4OS/c12-11-13-6-8(17-11)10-15-14-9(16-10)7-4-2-1-3-5-7/h1-6H,(H2,12,13). The molecule has 0 aliphatic carbocycles. The Hall–Kier alpha value is -2.21. The largest absolute Gasteiger partial charge is 0.415 e.